The van der Waals surface area contributed by atoms with Gasteiger partial charge in [-0.2, -0.15) is 0 Å². The number of aliphatic imine (C=N–C) groups is 1. The second kappa shape index (κ2) is 9.37. The fraction of sp³-hybridized carbons (Fsp3) is 0.667. The molecule has 0 unspecified atom stereocenters. The molecule has 152 valence electrons. The topological polar surface area (TPSA) is 69.8 Å². The zero-order chi connectivity index (χ0) is 19.2. The van der Waals surface area contributed by atoms with Gasteiger partial charge in [-0.25, -0.2) is 0 Å². The highest BCUT2D eigenvalue weighted by Gasteiger charge is 2.26. The summed E-state index contributed by atoms with van der Waals surface area (Å²) in [6.07, 6.45) is 12.3. The van der Waals surface area contributed by atoms with Crippen LogP contribution in [0.4, 0.5) is 0 Å². The predicted molar refractivity (Wildman–Crippen MR) is 113 cm³/mol. The Bertz CT molecular complexity index is 770. The summed E-state index contributed by atoms with van der Waals surface area (Å²) in [5, 5.41) is 15.6. The van der Waals surface area contributed by atoms with Crippen molar-refractivity contribution in [2.24, 2.45) is 4.99 Å². The first-order valence-electron chi connectivity index (χ1n) is 10.8. The van der Waals surface area contributed by atoms with Crippen LogP contribution in [0.5, 0.6) is 0 Å². The van der Waals surface area contributed by atoms with Crippen molar-refractivity contribution >= 4 is 11.6 Å². The van der Waals surface area contributed by atoms with E-state index in [0.29, 0.717) is 6.04 Å². The minimum atomic E-state index is 0.514. The number of rotatable bonds is 5. The van der Waals surface area contributed by atoms with Crippen LogP contribution in [0.3, 0.4) is 0 Å². The van der Waals surface area contributed by atoms with Gasteiger partial charge < -0.3 is 15.5 Å². The Morgan fingerprint density at radius 2 is 1.93 bits per heavy atom. The van der Waals surface area contributed by atoms with Gasteiger partial charge in [-0.1, -0.05) is 25.3 Å². The van der Waals surface area contributed by atoms with Gasteiger partial charge in [0, 0.05) is 51.4 Å². The molecule has 3 heterocycles. The van der Waals surface area contributed by atoms with Crippen LogP contribution in [0.25, 0.3) is 5.65 Å². The van der Waals surface area contributed by atoms with E-state index in [1.54, 1.807) is 0 Å². The fourth-order valence-electron chi connectivity index (χ4n) is 4.60. The van der Waals surface area contributed by atoms with E-state index >= 15 is 0 Å². The summed E-state index contributed by atoms with van der Waals surface area (Å²) in [6, 6.07) is 7.32. The maximum Gasteiger partial charge on any atom is 0.191 e. The number of pyridine rings is 1. The first kappa shape index (κ1) is 19.2. The standard InChI is InChI=1S/C21H33N7/c1-22-21(23-13-10-20-26-25-19-9-5-6-14-28(19)20)24-17-11-15-27(16-12-17)18-7-3-2-4-8-18/h5-6,9,14,17-18H,2-4,7-8,10-13,15-16H2,1H3,(H2,22,23,24). The van der Waals surface area contributed by atoms with E-state index in [9.17, 15) is 0 Å². The van der Waals surface area contributed by atoms with Crippen LogP contribution in [-0.4, -0.2) is 64.2 Å². The monoisotopic (exact) mass is 383 g/mol. The fourth-order valence-corrected chi connectivity index (χ4v) is 4.60. The van der Waals surface area contributed by atoms with Crippen molar-refractivity contribution in [1.29, 1.82) is 0 Å². The van der Waals surface area contributed by atoms with E-state index in [1.165, 1.54) is 58.0 Å². The number of hydrogen-bond donors (Lipinski definition) is 2. The third-order valence-corrected chi connectivity index (χ3v) is 6.21. The third-order valence-electron chi connectivity index (χ3n) is 6.21. The highest BCUT2D eigenvalue weighted by atomic mass is 15.3. The van der Waals surface area contributed by atoms with Crippen molar-refractivity contribution in [1.82, 2.24) is 30.1 Å². The van der Waals surface area contributed by atoms with Crippen LogP contribution in [0.15, 0.2) is 29.4 Å². The number of hydrogen-bond acceptors (Lipinski definition) is 4. The number of aromatic nitrogens is 3. The summed E-state index contributed by atoms with van der Waals surface area (Å²) in [5.41, 5.74) is 0.893. The van der Waals surface area contributed by atoms with Gasteiger partial charge in [0.15, 0.2) is 11.6 Å². The van der Waals surface area contributed by atoms with Crippen molar-refractivity contribution in [2.75, 3.05) is 26.7 Å². The Hall–Kier alpha value is -2.15. The van der Waals surface area contributed by atoms with Gasteiger partial charge in [0.05, 0.1) is 0 Å². The molecule has 2 aromatic rings. The number of fused-ring (bicyclic) bond motifs is 1. The van der Waals surface area contributed by atoms with Crippen LogP contribution >= 0.6 is 0 Å². The van der Waals surface area contributed by atoms with Crippen molar-refractivity contribution < 1.29 is 0 Å². The molecule has 0 amide bonds. The number of likely N-dealkylation sites (tertiary alicyclic amines) is 1. The van der Waals surface area contributed by atoms with Crippen molar-refractivity contribution in [3.8, 4) is 0 Å². The van der Waals surface area contributed by atoms with Gasteiger partial charge in [-0.3, -0.25) is 9.39 Å². The van der Waals surface area contributed by atoms with Crippen LogP contribution in [0.2, 0.25) is 0 Å². The molecule has 2 aromatic heterocycles. The van der Waals surface area contributed by atoms with E-state index < -0.39 is 0 Å². The van der Waals surface area contributed by atoms with Crippen LogP contribution in [-0.2, 0) is 6.42 Å². The zero-order valence-corrected chi connectivity index (χ0v) is 17.0. The zero-order valence-electron chi connectivity index (χ0n) is 17.0. The van der Waals surface area contributed by atoms with Crippen LogP contribution in [0, 0.1) is 0 Å². The lowest BCUT2D eigenvalue weighted by molar-refractivity contribution is 0.119. The van der Waals surface area contributed by atoms with E-state index in [2.05, 4.69) is 30.7 Å². The summed E-state index contributed by atoms with van der Waals surface area (Å²) in [7, 11) is 1.85. The second-order valence-electron chi connectivity index (χ2n) is 8.04. The van der Waals surface area contributed by atoms with Crippen molar-refractivity contribution in [3.63, 3.8) is 0 Å². The molecule has 4 rings (SSSR count). The molecule has 0 bridgehead atoms. The number of piperidine rings is 1. The molecular weight excluding hydrogens is 350 g/mol. The minimum absolute atomic E-state index is 0.514. The third kappa shape index (κ3) is 4.63. The summed E-state index contributed by atoms with van der Waals surface area (Å²) in [6.45, 7) is 3.21. The van der Waals surface area contributed by atoms with Crippen molar-refractivity contribution in [2.45, 2.75) is 63.5 Å². The highest BCUT2D eigenvalue weighted by Crippen LogP contribution is 2.25. The molecule has 0 atom stereocenters. The lowest BCUT2D eigenvalue weighted by Gasteiger charge is -2.39. The Balaban J connectivity index is 1.21. The smallest absolute Gasteiger partial charge is 0.191 e. The van der Waals surface area contributed by atoms with E-state index in [1.807, 2.05) is 35.8 Å². The summed E-state index contributed by atoms with van der Waals surface area (Å²) < 4.78 is 2.04. The summed E-state index contributed by atoms with van der Waals surface area (Å²) in [5.74, 6) is 1.87. The quantitative estimate of drug-likeness (QED) is 0.612. The Morgan fingerprint density at radius 1 is 1.11 bits per heavy atom. The summed E-state index contributed by atoms with van der Waals surface area (Å²) >= 11 is 0. The van der Waals surface area contributed by atoms with Crippen molar-refractivity contribution in [3.05, 3.63) is 30.2 Å². The first-order chi connectivity index (χ1) is 13.8. The minimum Gasteiger partial charge on any atom is -0.356 e. The molecule has 28 heavy (non-hydrogen) atoms. The van der Waals surface area contributed by atoms with E-state index in [0.717, 1.165) is 36.4 Å². The van der Waals surface area contributed by atoms with E-state index in [4.69, 9.17) is 0 Å². The molecular formula is C21H33N7. The van der Waals surface area contributed by atoms with Gasteiger partial charge >= 0.3 is 0 Å². The molecule has 0 radical (unpaired) electrons. The van der Waals surface area contributed by atoms with Crippen LogP contribution < -0.4 is 10.6 Å². The molecule has 7 nitrogen and oxygen atoms in total. The van der Waals surface area contributed by atoms with E-state index in [-0.39, 0.29) is 0 Å². The van der Waals surface area contributed by atoms with Crippen LogP contribution in [0.1, 0.15) is 50.8 Å². The second-order valence-corrected chi connectivity index (χ2v) is 8.04. The Morgan fingerprint density at radius 3 is 2.71 bits per heavy atom. The molecule has 2 fully saturated rings. The average Bonchev–Trinajstić information content (AvgIpc) is 3.17. The largest absolute Gasteiger partial charge is 0.356 e. The molecule has 2 N–H and O–H groups in total. The number of guanidine groups is 1. The average molecular weight is 384 g/mol. The molecule has 0 spiro atoms. The van der Waals surface area contributed by atoms with Gasteiger partial charge in [-0.05, 0) is 37.8 Å². The highest BCUT2D eigenvalue weighted by molar-refractivity contribution is 5.79. The lowest BCUT2D eigenvalue weighted by Crippen LogP contribution is -2.51. The predicted octanol–water partition coefficient (Wildman–Crippen LogP) is 2.23. The molecule has 1 saturated carbocycles. The normalized spacial score (nSPS) is 20.5. The molecule has 7 heteroatoms. The van der Waals surface area contributed by atoms with Gasteiger partial charge in [0.25, 0.3) is 0 Å². The lowest BCUT2D eigenvalue weighted by atomic mass is 9.92. The molecule has 1 aliphatic carbocycles. The Labute approximate surface area is 167 Å². The number of nitrogens with one attached hydrogen (secondary N) is 2. The van der Waals surface area contributed by atoms with Gasteiger partial charge in [0.1, 0.15) is 5.82 Å². The first-order valence-corrected chi connectivity index (χ1v) is 10.8. The molecule has 1 aliphatic heterocycles. The Kier molecular flexibility index (Phi) is 6.41. The van der Waals surface area contributed by atoms with Gasteiger partial charge in [0.2, 0.25) is 0 Å². The van der Waals surface area contributed by atoms with Gasteiger partial charge in [-0.15, -0.1) is 10.2 Å². The molecule has 0 aromatic carbocycles. The number of nitrogens with zero attached hydrogens (tertiary/aromatic N) is 5. The maximum absolute atomic E-state index is 4.41. The molecule has 1 saturated heterocycles. The SMILES string of the molecule is CN=C(NCCc1nnc2ccccn12)NC1CCN(C2CCCCC2)CC1. The maximum atomic E-state index is 4.41. The summed E-state index contributed by atoms with van der Waals surface area (Å²) in [4.78, 5) is 7.14. The molecule has 2 aliphatic rings.